The van der Waals surface area contributed by atoms with Gasteiger partial charge in [0.2, 0.25) is 0 Å². The molecule has 0 saturated carbocycles. The van der Waals surface area contributed by atoms with Crippen molar-refractivity contribution in [2.24, 2.45) is 0 Å². The maximum absolute atomic E-state index is 12.6. The molecule has 1 amide bonds. The van der Waals surface area contributed by atoms with E-state index >= 15 is 0 Å². The molecule has 0 unspecified atom stereocenters. The maximum atomic E-state index is 12.6. The van der Waals surface area contributed by atoms with Crippen LogP contribution < -0.4 is 5.32 Å². The number of amides is 1. The zero-order valence-corrected chi connectivity index (χ0v) is 17.0. The van der Waals surface area contributed by atoms with Crippen molar-refractivity contribution >= 4 is 11.6 Å². The lowest BCUT2D eigenvalue weighted by Crippen LogP contribution is -2.24. The molecule has 9 nitrogen and oxygen atoms in total. The van der Waals surface area contributed by atoms with Crippen LogP contribution in [0, 0.1) is 17.0 Å². The lowest BCUT2D eigenvalue weighted by Gasteiger charge is -2.09. The number of nitro groups is 1. The predicted octanol–water partition coefficient (Wildman–Crippen LogP) is 3.34. The van der Waals surface area contributed by atoms with Gasteiger partial charge in [-0.3, -0.25) is 14.9 Å². The number of nitro benzene ring substituents is 1. The summed E-state index contributed by atoms with van der Waals surface area (Å²) in [5.74, 6) is -0.368. The van der Waals surface area contributed by atoms with Crippen LogP contribution in [0.1, 0.15) is 41.2 Å². The van der Waals surface area contributed by atoms with Gasteiger partial charge in [0.05, 0.1) is 29.0 Å². The first-order valence-corrected chi connectivity index (χ1v) is 9.50. The summed E-state index contributed by atoms with van der Waals surface area (Å²) < 4.78 is 7.02. The van der Waals surface area contributed by atoms with Gasteiger partial charge < -0.3 is 10.1 Å². The van der Waals surface area contributed by atoms with Gasteiger partial charge in [-0.2, -0.15) is 0 Å². The van der Waals surface area contributed by atoms with Crippen LogP contribution >= 0.6 is 0 Å². The van der Waals surface area contributed by atoms with Gasteiger partial charge in [0, 0.05) is 18.7 Å². The molecule has 156 valence electrons. The Morgan fingerprint density at radius 1 is 1.20 bits per heavy atom. The van der Waals surface area contributed by atoms with Crippen molar-refractivity contribution in [3.05, 3.63) is 81.2 Å². The predicted molar refractivity (Wildman–Crippen MR) is 110 cm³/mol. The third-order valence-electron chi connectivity index (χ3n) is 4.42. The molecule has 0 atom stereocenters. The van der Waals surface area contributed by atoms with Crippen LogP contribution in [0.4, 0.5) is 5.69 Å². The van der Waals surface area contributed by atoms with Crippen LogP contribution in [0.2, 0.25) is 0 Å². The Balaban J connectivity index is 1.69. The van der Waals surface area contributed by atoms with E-state index in [1.54, 1.807) is 19.1 Å². The summed E-state index contributed by atoms with van der Waals surface area (Å²) in [7, 11) is 0. The molecule has 0 aliphatic carbocycles. The summed E-state index contributed by atoms with van der Waals surface area (Å²) in [6.07, 6.45) is 0.144. The van der Waals surface area contributed by atoms with Gasteiger partial charge in [0.1, 0.15) is 0 Å². The first-order chi connectivity index (χ1) is 14.3. The van der Waals surface area contributed by atoms with E-state index < -0.39 is 4.92 Å². The van der Waals surface area contributed by atoms with Crippen LogP contribution in [-0.4, -0.2) is 31.9 Å². The molecule has 1 aromatic heterocycles. The molecule has 2 aromatic carbocycles. The largest absolute Gasteiger partial charge is 0.374 e. The highest BCUT2D eigenvalue weighted by Gasteiger charge is 2.18. The lowest BCUT2D eigenvalue weighted by atomic mass is 10.1. The molecule has 0 saturated heterocycles. The average molecular weight is 409 g/mol. The number of carbonyl (C=O) groups excluding carboxylic acids is 1. The fraction of sp³-hybridized carbons (Fsp3) is 0.286. The summed E-state index contributed by atoms with van der Waals surface area (Å²) >= 11 is 0. The summed E-state index contributed by atoms with van der Waals surface area (Å²) in [5, 5.41) is 21.8. The number of benzene rings is 2. The van der Waals surface area contributed by atoms with Crippen molar-refractivity contribution in [2.45, 2.75) is 40.0 Å². The third-order valence-corrected chi connectivity index (χ3v) is 4.42. The number of hydrogen-bond acceptors (Lipinski definition) is 6. The molecule has 0 fully saturated rings. The van der Waals surface area contributed by atoms with Gasteiger partial charge in [-0.15, -0.1) is 5.10 Å². The molecule has 3 rings (SSSR count). The summed E-state index contributed by atoms with van der Waals surface area (Å²) in [6.45, 7) is 6.49. The van der Waals surface area contributed by atoms with E-state index in [1.165, 1.54) is 16.8 Å². The maximum Gasteiger partial charge on any atom is 0.274 e. The molecule has 1 N–H and O–H groups in total. The number of ether oxygens (including phenoxy) is 1. The number of rotatable bonds is 8. The highest BCUT2D eigenvalue weighted by Crippen LogP contribution is 2.18. The van der Waals surface area contributed by atoms with Crippen LogP contribution in [0.25, 0.3) is 5.69 Å². The Morgan fingerprint density at radius 2 is 1.93 bits per heavy atom. The summed E-state index contributed by atoms with van der Waals surface area (Å²) in [4.78, 5) is 23.1. The topological polar surface area (TPSA) is 112 Å². The smallest absolute Gasteiger partial charge is 0.274 e. The Labute approximate surface area is 173 Å². The Kier molecular flexibility index (Phi) is 6.53. The normalized spacial score (nSPS) is 10.9. The molecule has 0 radical (unpaired) electrons. The van der Waals surface area contributed by atoms with Crippen LogP contribution in [0.5, 0.6) is 0 Å². The average Bonchev–Trinajstić information content (AvgIpc) is 3.12. The first kappa shape index (κ1) is 21.1. The third kappa shape index (κ3) is 5.06. The van der Waals surface area contributed by atoms with E-state index in [-0.39, 0.29) is 23.4 Å². The van der Waals surface area contributed by atoms with Crippen LogP contribution in [-0.2, 0) is 17.9 Å². The minimum absolute atomic E-state index is 0.0604. The van der Waals surface area contributed by atoms with E-state index in [4.69, 9.17) is 4.74 Å². The van der Waals surface area contributed by atoms with Crippen molar-refractivity contribution in [3.63, 3.8) is 0 Å². The monoisotopic (exact) mass is 409 g/mol. The molecule has 0 aliphatic rings. The Hall–Kier alpha value is -3.59. The van der Waals surface area contributed by atoms with Crippen molar-refractivity contribution in [1.82, 2.24) is 20.3 Å². The second-order valence-electron chi connectivity index (χ2n) is 7.07. The van der Waals surface area contributed by atoms with E-state index in [9.17, 15) is 14.9 Å². The lowest BCUT2D eigenvalue weighted by molar-refractivity contribution is -0.384. The second-order valence-corrected chi connectivity index (χ2v) is 7.07. The molecule has 0 spiro atoms. The van der Waals surface area contributed by atoms with Crippen molar-refractivity contribution in [1.29, 1.82) is 0 Å². The van der Waals surface area contributed by atoms with Gasteiger partial charge >= 0.3 is 0 Å². The summed E-state index contributed by atoms with van der Waals surface area (Å²) in [6, 6.07) is 13.8. The summed E-state index contributed by atoms with van der Waals surface area (Å²) in [5.41, 5.74) is 3.04. The van der Waals surface area contributed by atoms with Gasteiger partial charge in [-0.25, -0.2) is 4.68 Å². The molecule has 9 heteroatoms. The highest BCUT2D eigenvalue weighted by molar-refractivity contribution is 5.93. The molecule has 30 heavy (non-hydrogen) atoms. The number of nitrogens with one attached hydrogen (secondary N) is 1. The van der Waals surface area contributed by atoms with E-state index in [1.807, 2.05) is 38.1 Å². The molecular formula is C21H23N5O4. The standard InChI is InChI=1S/C21H23N5O4/c1-14(2)30-13-17-7-4-6-16(10-17)12-22-21(27)20-15(3)25(24-23-20)18-8-5-9-19(11-18)26(28)29/h4-11,14H,12-13H2,1-3H3,(H,22,27). The molecule has 0 bridgehead atoms. The number of aromatic nitrogens is 3. The van der Waals surface area contributed by atoms with Crippen molar-refractivity contribution in [3.8, 4) is 5.69 Å². The van der Waals surface area contributed by atoms with Crippen molar-refractivity contribution in [2.75, 3.05) is 0 Å². The minimum atomic E-state index is -0.482. The van der Waals surface area contributed by atoms with Gasteiger partial charge in [0.25, 0.3) is 11.6 Å². The quantitative estimate of drug-likeness (QED) is 0.451. The highest BCUT2D eigenvalue weighted by atomic mass is 16.6. The van der Waals surface area contributed by atoms with Crippen LogP contribution in [0.3, 0.4) is 0 Å². The minimum Gasteiger partial charge on any atom is -0.374 e. The Bertz CT molecular complexity index is 1060. The first-order valence-electron chi connectivity index (χ1n) is 9.50. The fourth-order valence-corrected chi connectivity index (χ4v) is 2.88. The second kappa shape index (κ2) is 9.27. The van der Waals surface area contributed by atoms with Crippen molar-refractivity contribution < 1.29 is 14.5 Å². The van der Waals surface area contributed by atoms with E-state index in [2.05, 4.69) is 15.6 Å². The molecule has 0 aliphatic heterocycles. The van der Waals surface area contributed by atoms with Gasteiger partial charge in [0.15, 0.2) is 5.69 Å². The van der Waals surface area contributed by atoms with E-state index in [0.29, 0.717) is 24.5 Å². The molecule has 3 aromatic rings. The number of hydrogen-bond donors (Lipinski definition) is 1. The number of carbonyl (C=O) groups is 1. The molecular weight excluding hydrogens is 386 g/mol. The van der Waals surface area contributed by atoms with Gasteiger partial charge in [-0.1, -0.05) is 35.5 Å². The van der Waals surface area contributed by atoms with Gasteiger partial charge in [-0.05, 0) is 38.0 Å². The van der Waals surface area contributed by atoms with Crippen LogP contribution in [0.15, 0.2) is 48.5 Å². The van der Waals surface area contributed by atoms with E-state index in [0.717, 1.165) is 11.1 Å². The Morgan fingerprint density at radius 3 is 2.67 bits per heavy atom. The zero-order chi connectivity index (χ0) is 21.7. The molecule has 1 heterocycles. The SMILES string of the molecule is Cc1c(C(=O)NCc2cccc(COC(C)C)c2)nnn1-c1cccc([N+](=O)[O-])c1. The fourth-order valence-electron chi connectivity index (χ4n) is 2.88. The zero-order valence-electron chi connectivity index (χ0n) is 17.0. The number of nitrogens with zero attached hydrogens (tertiary/aromatic N) is 4. The number of non-ortho nitro benzene ring substituents is 1.